The SMILES string of the molecule is Cc1nc2cc(C(=O)N3CCN(c4ncccn4)CC3)ccc2n1-c1ccccc1. The smallest absolute Gasteiger partial charge is 0.254 e. The summed E-state index contributed by atoms with van der Waals surface area (Å²) in [5.74, 6) is 1.66. The van der Waals surface area contributed by atoms with E-state index < -0.39 is 0 Å². The molecule has 1 fully saturated rings. The monoisotopic (exact) mass is 398 g/mol. The number of benzene rings is 2. The Kier molecular flexibility index (Phi) is 4.63. The van der Waals surface area contributed by atoms with Crippen LogP contribution in [0, 0.1) is 6.92 Å². The van der Waals surface area contributed by atoms with Crippen molar-refractivity contribution in [2.24, 2.45) is 0 Å². The van der Waals surface area contributed by atoms with Crippen molar-refractivity contribution in [2.75, 3.05) is 31.1 Å². The maximum atomic E-state index is 13.1. The van der Waals surface area contributed by atoms with Crippen molar-refractivity contribution >= 4 is 22.9 Å². The first kappa shape index (κ1) is 18.3. The Hall–Kier alpha value is -3.74. The van der Waals surface area contributed by atoms with Crippen LogP contribution < -0.4 is 4.90 Å². The molecule has 7 heteroatoms. The van der Waals surface area contributed by atoms with Crippen LogP contribution in [0.2, 0.25) is 0 Å². The molecule has 1 aliphatic heterocycles. The molecule has 150 valence electrons. The third kappa shape index (κ3) is 3.28. The van der Waals surface area contributed by atoms with Crippen LogP contribution in [0.3, 0.4) is 0 Å². The summed E-state index contributed by atoms with van der Waals surface area (Å²) in [6.45, 7) is 4.72. The van der Waals surface area contributed by atoms with Crippen LogP contribution >= 0.6 is 0 Å². The molecule has 1 aliphatic rings. The largest absolute Gasteiger partial charge is 0.337 e. The van der Waals surface area contributed by atoms with Gasteiger partial charge >= 0.3 is 0 Å². The minimum Gasteiger partial charge on any atom is -0.337 e. The number of fused-ring (bicyclic) bond motifs is 1. The highest BCUT2D eigenvalue weighted by Crippen LogP contribution is 2.23. The van der Waals surface area contributed by atoms with Crippen LogP contribution in [0.25, 0.3) is 16.7 Å². The van der Waals surface area contributed by atoms with Gasteiger partial charge in [-0.05, 0) is 43.3 Å². The van der Waals surface area contributed by atoms with Gasteiger partial charge in [0.15, 0.2) is 0 Å². The Morgan fingerprint density at radius 3 is 2.37 bits per heavy atom. The van der Waals surface area contributed by atoms with E-state index in [0.29, 0.717) is 24.6 Å². The molecule has 30 heavy (non-hydrogen) atoms. The number of nitrogens with zero attached hydrogens (tertiary/aromatic N) is 6. The lowest BCUT2D eigenvalue weighted by Crippen LogP contribution is -2.49. The first-order valence-corrected chi connectivity index (χ1v) is 10.1. The van der Waals surface area contributed by atoms with Crippen molar-refractivity contribution < 1.29 is 4.79 Å². The van der Waals surface area contributed by atoms with Crippen molar-refractivity contribution in [3.8, 4) is 5.69 Å². The number of aromatic nitrogens is 4. The van der Waals surface area contributed by atoms with Crippen molar-refractivity contribution in [3.05, 3.63) is 78.4 Å². The minimum atomic E-state index is 0.0393. The van der Waals surface area contributed by atoms with Gasteiger partial charge in [0.1, 0.15) is 5.82 Å². The molecule has 0 bridgehead atoms. The minimum absolute atomic E-state index is 0.0393. The second-order valence-corrected chi connectivity index (χ2v) is 7.36. The normalized spacial score (nSPS) is 14.3. The summed E-state index contributed by atoms with van der Waals surface area (Å²) in [7, 11) is 0. The molecule has 5 rings (SSSR count). The zero-order chi connectivity index (χ0) is 20.5. The van der Waals surface area contributed by atoms with E-state index >= 15 is 0 Å². The third-order valence-corrected chi connectivity index (χ3v) is 5.49. The zero-order valence-corrected chi connectivity index (χ0v) is 16.8. The number of aryl methyl sites for hydroxylation is 1. The molecule has 0 aliphatic carbocycles. The number of hydrogen-bond donors (Lipinski definition) is 0. The Labute approximate surface area is 174 Å². The molecule has 0 radical (unpaired) electrons. The standard InChI is InChI=1S/C23H22N6O/c1-17-26-20-16-18(8-9-21(20)29(17)19-6-3-2-4-7-19)22(30)27-12-14-28(15-13-27)23-24-10-5-11-25-23/h2-11,16H,12-15H2,1H3. The topological polar surface area (TPSA) is 67.2 Å². The number of carbonyl (C=O) groups is 1. The predicted octanol–water partition coefficient (Wildman–Crippen LogP) is 3.09. The molecular weight excluding hydrogens is 376 g/mol. The van der Waals surface area contributed by atoms with Gasteiger partial charge in [-0.3, -0.25) is 9.36 Å². The quantitative estimate of drug-likeness (QED) is 0.531. The lowest BCUT2D eigenvalue weighted by molar-refractivity contribution is 0.0746. The highest BCUT2D eigenvalue weighted by molar-refractivity contribution is 5.97. The fourth-order valence-electron chi connectivity index (χ4n) is 3.98. The first-order chi connectivity index (χ1) is 14.7. The molecule has 1 saturated heterocycles. The van der Waals surface area contributed by atoms with Gasteiger partial charge in [-0.1, -0.05) is 18.2 Å². The van der Waals surface area contributed by atoms with Gasteiger partial charge in [-0.15, -0.1) is 0 Å². The molecule has 1 amide bonds. The van der Waals surface area contributed by atoms with Crippen molar-refractivity contribution in [2.45, 2.75) is 6.92 Å². The second kappa shape index (κ2) is 7.59. The van der Waals surface area contributed by atoms with Crippen LogP contribution in [-0.2, 0) is 0 Å². The molecule has 0 atom stereocenters. The number of imidazole rings is 1. The summed E-state index contributed by atoms with van der Waals surface area (Å²) in [5.41, 5.74) is 3.57. The van der Waals surface area contributed by atoms with E-state index in [2.05, 4.69) is 31.6 Å². The van der Waals surface area contributed by atoms with E-state index in [0.717, 1.165) is 35.6 Å². The summed E-state index contributed by atoms with van der Waals surface area (Å²) in [6, 6.07) is 17.7. The van der Waals surface area contributed by atoms with Crippen molar-refractivity contribution in [1.29, 1.82) is 0 Å². The fraction of sp³-hybridized carbons (Fsp3) is 0.217. The van der Waals surface area contributed by atoms with E-state index in [4.69, 9.17) is 4.98 Å². The van der Waals surface area contributed by atoms with Crippen molar-refractivity contribution in [1.82, 2.24) is 24.4 Å². The van der Waals surface area contributed by atoms with E-state index in [-0.39, 0.29) is 5.91 Å². The fourth-order valence-corrected chi connectivity index (χ4v) is 3.98. The Bertz CT molecular complexity index is 1180. The van der Waals surface area contributed by atoms with Crippen LogP contribution in [0.15, 0.2) is 67.0 Å². The van der Waals surface area contributed by atoms with Gasteiger partial charge in [-0.2, -0.15) is 0 Å². The predicted molar refractivity (Wildman–Crippen MR) is 116 cm³/mol. The molecule has 3 heterocycles. The maximum Gasteiger partial charge on any atom is 0.254 e. The second-order valence-electron chi connectivity index (χ2n) is 7.36. The molecular formula is C23H22N6O. The highest BCUT2D eigenvalue weighted by atomic mass is 16.2. The van der Waals surface area contributed by atoms with Crippen molar-refractivity contribution in [3.63, 3.8) is 0 Å². The van der Waals surface area contributed by atoms with Gasteiger partial charge in [-0.25, -0.2) is 15.0 Å². The number of amides is 1. The van der Waals surface area contributed by atoms with Gasteiger partial charge in [0.25, 0.3) is 5.91 Å². The number of hydrogen-bond acceptors (Lipinski definition) is 5. The van der Waals surface area contributed by atoms with E-state index in [1.807, 2.05) is 48.2 Å². The molecule has 7 nitrogen and oxygen atoms in total. The van der Waals surface area contributed by atoms with Gasteiger partial charge in [0.2, 0.25) is 5.95 Å². The van der Waals surface area contributed by atoms with Gasteiger partial charge < -0.3 is 9.80 Å². The molecule has 0 spiro atoms. The number of para-hydroxylation sites is 1. The highest BCUT2D eigenvalue weighted by Gasteiger charge is 2.24. The molecule has 0 N–H and O–H groups in total. The molecule has 2 aromatic carbocycles. The maximum absolute atomic E-state index is 13.1. The van der Waals surface area contributed by atoms with Gasteiger partial charge in [0, 0.05) is 49.8 Å². The number of piperazine rings is 1. The van der Waals surface area contributed by atoms with Crippen LogP contribution in [0.1, 0.15) is 16.2 Å². The molecule has 4 aromatic rings. The number of carbonyl (C=O) groups excluding carboxylic acids is 1. The van der Waals surface area contributed by atoms with E-state index in [1.54, 1.807) is 18.5 Å². The summed E-state index contributed by atoms with van der Waals surface area (Å²) < 4.78 is 2.11. The summed E-state index contributed by atoms with van der Waals surface area (Å²) in [6.07, 6.45) is 3.48. The van der Waals surface area contributed by atoms with Crippen LogP contribution in [0.4, 0.5) is 5.95 Å². The Balaban J connectivity index is 1.36. The summed E-state index contributed by atoms with van der Waals surface area (Å²) >= 11 is 0. The molecule has 0 saturated carbocycles. The molecule has 0 unspecified atom stereocenters. The average Bonchev–Trinajstić information content (AvgIpc) is 3.14. The van der Waals surface area contributed by atoms with E-state index in [9.17, 15) is 4.79 Å². The first-order valence-electron chi connectivity index (χ1n) is 10.1. The summed E-state index contributed by atoms with van der Waals surface area (Å²) in [5, 5.41) is 0. The number of rotatable bonds is 3. The Morgan fingerprint density at radius 1 is 0.900 bits per heavy atom. The lowest BCUT2D eigenvalue weighted by Gasteiger charge is -2.34. The lowest BCUT2D eigenvalue weighted by atomic mass is 10.1. The van der Waals surface area contributed by atoms with Crippen LogP contribution in [0.5, 0.6) is 0 Å². The average molecular weight is 398 g/mol. The molecule has 2 aromatic heterocycles. The van der Waals surface area contributed by atoms with Crippen LogP contribution in [-0.4, -0.2) is 56.5 Å². The Morgan fingerprint density at radius 2 is 1.63 bits per heavy atom. The summed E-state index contributed by atoms with van der Waals surface area (Å²) in [4.78, 5) is 30.4. The third-order valence-electron chi connectivity index (χ3n) is 5.49. The van der Waals surface area contributed by atoms with E-state index in [1.165, 1.54) is 0 Å². The number of anilines is 1. The van der Waals surface area contributed by atoms with Gasteiger partial charge in [0.05, 0.1) is 11.0 Å². The zero-order valence-electron chi connectivity index (χ0n) is 16.8.